The lowest BCUT2D eigenvalue weighted by atomic mass is 10.0. The van der Waals surface area contributed by atoms with Crippen LogP contribution in [0.4, 0.5) is 5.69 Å². The van der Waals surface area contributed by atoms with Gasteiger partial charge in [-0.1, -0.05) is 41.4 Å². The molecule has 0 aliphatic carbocycles. The van der Waals surface area contributed by atoms with Gasteiger partial charge in [0.1, 0.15) is 0 Å². The third-order valence-electron chi connectivity index (χ3n) is 3.30. The van der Waals surface area contributed by atoms with Crippen LogP contribution in [-0.2, 0) is 4.79 Å². The molecule has 0 radical (unpaired) electrons. The second kappa shape index (κ2) is 5.79. The minimum atomic E-state index is -0.197. The molecule has 3 nitrogen and oxygen atoms in total. The Bertz CT molecular complexity index is 698. The van der Waals surface area contributed by atoms with Gasteiger partial charge < -0.3 is 10.4 Å². The molecule has 1 aliphatic heterocycles. The molecule has 1 aliphatic rings. The van der Waals surface area contributed by atoms with Crippen molar-refractivity contribution in [1.82, 2.24) is 0 Å². The number of carbonyl (C=O) groups excluding carboxylic acids is 1. The number of hydrogen-bond donors (Lipinski definition) is 2. The second-order valence-corrected chi connectivity index (χ2v) is 6.56. The Morgan fingerprint density at radius 3 is 2.62 bits per heavy atom. The fourth-order valence-electron chi connectivity index (χ4n) is 2.25. The van der Waals surface area contributed by atoms with Crippen molar-refractivity contribution in [1.29, 1.82) is 0 Å². The minimum absolute atomic E-state index is 0.106. The van der Waals surface area contributed by atoms with Crippen LogP contribution in [-0.4, -0.2) is 16.8 Å². The number of benzene rings is 2. The number of thioether (sulfide) groups is 1. The topological polar surface area (TPSA) is 49.3 Å². The lowest BCUT2D eigenvalue weighted by Gasteiger charge is -2.12. The lowest BCUT2D eigenvalue weighted by molar-refractivity contribution is -0.117. The molecule has 0 fully saturated rings. The molecule has 1 atom stereocenters. The number of rotatable bonds is 2. The first kappa shape index (κ1) is 14.6. The molecule has 0 aromatic heterocycles. The SMILES string of the molecule is O=C(Nc1cc(Cl)c(O)c(Cl)c1)C1CSc2ccccc21. The van der Waals surface area contributed by atoms with Gasteiger partial charge in [-0.05, 0) is 23.8 Å². The number of halogens is 2. The normalized spacial score (nSPS) is 16.6. The number of fused-ring (bicyclic) bond motifs is 1. The predicted octanol–water partition coefficient (Wildman–Crippen LogP) is 4.53. The summed E-state index contributed by atoms with van der Waals surface area (Å²) in [6, 6.07) is 10.8. The Kier molecular flexibility index (Phi) is 4.02. The van der Waals surface area contributed by atoms with Crippen molar-refractivity contribution in [2.75, 3.05) is 11.1 Å². The molecular weight excluding hydrogens is 329 g/mol. The van der Waals surface area contributed by atoms with Gasteiger partial charge in [0.05, 0.1) is 16.0 Å². The second-order valence-electron chi connectivity index (χ2n) is 4.68. The van der Waals surface area contributed by atoms with Crippen LogP contribution in [0.25, 0.3) is 0 Å². The molecule has 1 heterocycles. The fraction of sp³-hybridized carbons (Fsp3) is 0.133. The average Bonchev–Trinajstić information content (AvgIpc) is 2.88. The van der Waals surface area contributed by atoms with Gasteiger partial charge in [-0.25, -0.2) is 0 Å². The minimum Gasteiger partial charge on any atom is -0.505 e. The van der Waals surface area contributed by atoms with Gasteiger partial charge in [0.25, 0.3) is 0 Å². The van der Waals surface area contributed by atoms with Crippen molar-refractivity contribution >= 4 is 46.6 Å². The van der Waals surface area contributed by atoms with E-state index in [2.05, 4.69) is 5.32 Å². The number of aromatic hydroxyl groups is 1. The molecule has 0 saturated carbocycles. The van der Waals surface area contributed by atoms with Crippen LogP contribution < -0.4 is 5.32 Å². The highest BCUT2D eigenvalue weighted by atomic mass is 35.5. The van der Waals surface area contributed by atoms with E-state index in [1.807, 2.05) is 24.3 Å². The van der Waals surface area contributed by atoms with E-state index in [0.717, 1.165) is 10.5 Å². The summed E-state index contributed by atoms with van der Waals surface area (Å²) >= 11 is 13.4. The maximum atomic E-state index is 12.4. The summed E-state index contributed by atoms with van der Waals surface area (Å²) in [5, 5.41) is 12.5. The molecule has 6 heteroatoms. The van der Waals surface area contributed by atoms with Crippen molar-refractivity contribution in [2.45, 2.75) is 10.8 Å². The molecule has 21 heavy (non-hydrogen) atoms. The van der Waals surface area contributed by atoms with Crippen LogP contribution in [0, 0.1) is 0 Å². The summed E-state index contributed by atoms with van der Waals surface area (Å²) < 4.78 is 0. The zero-order chi connectivity index (χ0) is 15.0. The van der Waals surface area contributed by atoms with Crippen LogP contribution in [0.15, 0.2) is 41.3 Å². The zero-order valence-corrected chi connectivity index (χ0v) is 13.1. The van der Waals surface area contributed by atoms with E-state index in [1.165, 1.54) is 12.1 Å². The maximum absolute atomic E-state index is 12.4. The number of anilines is 1. The van der Waals surface area contributed by atoms with Gasteiger partial charge in [0.2, 0.25) is 5.91 Å². The lowest BCUT2D eigenvalue weighted by Crippen LogP contribution is -2.21. The van der Waals surface area contributed by atoms with Crippen LogP contribution in [0.3, 0.4) is 0 Å². The van der Waals surface area contributed by atoms with Gasteiger partial charge in [0, 0.05) is 16.3 Å². The third kappa shape index (κ3) is 2.84. The molecule has 0 spiro atoms. The van der Waals surface area contributed by atoms with Crippen molar-refractivity contribution in [3.8, 4) is 5.75 Å². The van der Waals surface area contributed by atoms with E-state index in [-0.39, 0.29) is 27.6 Å². The smallest absolute Gasteiger partial charge is 0.232 e. The van der Waals surface area contributed by atoms with Crippen molar-refractivity contribution in [2.24, 2.45) is 0 Å². The quantitative estimate of drug-likeness (QED) is 0.790. The highest BCUT2D eigenvalue weighted by Gasteiger charge is 2.29. The van der Waals surface area contributed by atoms with Gasteiger partial charge in [-0.2, -0.15) is 0 Å². The van der Waals surface area contributed by atoms with Crippen LogP contribution in [0.1, 0.15) is 11.5 Å². The molecule has 3 rings (SSSR count). The molecule has 2 aromatic carbocycles. The highest BCUT2D eigenvalue weighted by Crippen LogP contribution is 2.40. The Balaban J connectivity index is 1.82. The first-order valence-corrected chi connectivity index (χ1v) is 8.01. The van der Waals surface area contributed by atoms with Gasteiger partial charge in [-0.15, -0.1) is 11.8 Å². The Morgan fingerprint density at radius 1 is 1.24 bits per heavy atom. The van der Waals surface area contributed by atoms with Crippen molar-refractivity contribution in [3.63, 3.8) is 0 Å². The molecule has 0 saturated heterocycles. The Morgan fingerprint density at radius 2 is 1.90 bits per heavy atom. The van der Waals surface area contributed by atoms with Gasteiger partial charge in [-0.3, -0.25) is 4.79 Å². The van der Waals surface area contributed by atoms with E-state index in [4.69, 9.17) is 23.2 Å². The van der Waals surface area contributed by atoms with Crippen LogP contribution >= 0.6 is 35.0 Å². The summed E-state index contributed by atoms with van der Waals surface area (Å²) in [6.07, 6.45) is 0. The molecule has 1 unspecified atom stereocenters. The summed E-state index contributed by atoms with van der Waals surface area (Å²) in [4.78, 5) is 13.6. The molecule has 108 valence electrons. The molecule has 2 aromatic rings. The zero-order valence-electron chi connectivity index (χ0n) is 10.8. The predicted molar refractivity (Wildman–Crippen MR) is 86.7 cm³/mol. The van der Waals surface area contributed by atoms with Crippen LogP contribution in [0.5, 0.6) is 5.75 Å². The van der Waals surface area contributed by atoms with E-state index >= 15 is 0 Å². The average molecular weight is 340 g/mol. The Labute approximate surface area is 136 Å². The van der Waals surface area contributed by atoms with E-state index in [9.17, 15) is 9.90 Å². The molecule has 0 bridgehead atoms. The van der Waals surface area contributed by atoms with Gasteiger partial charge >= 0.3 is 0 Å². The summed E-state index contributed by atoms with van der Waals surface area (Å²) in [6.45, 7) is 0. The summed E-state index contributed by atoms with van der Waals surface area (Å²) in [5.41, 5.74) is 1.51. The number of carbonyl (C=O) groups is 1. The number of amides is 1. The van der Waals surface area contributed by atoms with Crippen molar-refractivity contribution in [3.05, 3.63) is 52.0 Å². The first-order chi connectivity index (χ1) is 10.1. The molecular formula is C15H11Cl2NO2S. The summed E-state index contributed by atoms with van der Waals surface area (Å²) in [7, 11) is 0. The summed E-state index contributed by atoms with van der Waals surface area (Å²) in [5.74, 6) is 0.228. The number of phenols is 1. The Hall–Kier alpha value is -1.36. The number of hydrogen-bond acceptors (Lipinski definition) is 3. The maximum Gasteiger partial charge on any atom is 0.232 e. The largest absolute Gasteiger partial charge is 0.505 e. The first-order valence-electron chi connectivity index (χ1n) is 6.27. The number of phenolic OH excluding ortho intramolecular Hbond substituents is 1. The third-order valence-corrected chi connectivity index (χ3v) is 5.06. The standard InChI is InChI=1S/C15H11Cl2NO2S/c16-11-5-8(6-12(17)14(11)19)18-15(20)10-7-21-13-4-2-1-3-9(10)13/h1-6,10,19H,7H2,(H,18,20). The monoisotopic (exact) mass is 339 g/mol. The fourth-order valence-corrected chi connectivity index (χ4v) is 3.96. The molecule has 1 amide bonds. The van der Waals surface area contributed by atoms with E-state index in [1.54, 1.807) is 11.8 Å². The van der Waals surface area contributed by atoms with E-state index in [0.29, 0.717) is 11.4 Å². The van der Waals surface area contributed by atoms with E-state index < -0.39 is 0 Å². The molecule has 2 N–H and O–H groups in total. The van der Waals surface area contributed by atoms with Crippen LogP contribution in [0.2, 0.25) is 10.0 Å². The van der Waals surface area contributed by atoms with Crippen molar-refractivity contribution < 1.29 is 9.90 Å². The number of nitrogens with one attached hydrogen (secondary N) is 1. The van der Waals surface area contributed by atoms with Gasteiger partial charge in [0.15, 0.2) is 5.75 Å². The highest BCUT2D eigenvalue weighted by molar-refractivity contribution is 7.99.